The average molecular weight is 284 g/mol. The fraction of sp³-hybridized carbons (Fsp3) is 0.267. The van der Waals surface area contributed by atoms with E-state index in [0.29, 0.717) is 12.5 Å². The van der Waals surface area contributed by atoms with Gasteiger partial charge >= 0.3 is 0 Å². The maximum Gasteiger partial charge on any atom is 0.202 e. The molecular weight excluding hydrogens is 268 g/mol. The highest BCUT2D eigenvalue weighted by Crippen LogP contribution is 2.20. The first-order valence-electron chi connectivity index (χ1n) is 6.64. The minimum atomic E-state index is 0.362. The molecule has 20 heavy (non-hydrogen) atoms. The Bertz CT molecular complexity index is 715. The lowest BCUT2D eigenvalue weighted by molar-refractivity contribution is 0.799. The Morgan fingerprint density at radius 2 is 2.05 bits per heavy atom. The molecule has 0 bridgehead atoms. The summed E-state index contributed by atoms with van der Waals surface area (Å²) in [6.45, 7) is 4.90. The predicted octanol–water partition coefficient (Wildman–Crippen LogP) is 3.82. The van der Waals surface area contributed by atoms with Crippen molar-refractivity contribution in [2.24, 2.45) is 0 Å². The zero-order chi connectivity index (χ0) is 13.9. The summed E-state index contributed by atoms with van der Waals surface area (Å²) in [5.74, 6) is 1.26. The summed E-state index contributed by atoms with van der Waals surface area (Å²) in [6.07, 6.45) is 1.83. The molecule has 0 radical (unpaired) electrons. The molecule has 5 heteroatoms. The molecule has 2 heterocycles. The largest absolute Gasteiger partial charge is 0.356 e. The summed E-state index contributed by atoms with van der Waals surface area (Å²) in [7, 11) is 0. The van der Waals surface area contributed by atoms with Gasteiger partial charge in [-0.05, 0) is 11.6 Å². The molecule has 0 aliphatic carbocycles. The summed E-state index contributed by atoms with van der Waals surface area (Å²) in [6, 6.07) is 10.3. The third-order valence-corrected chi connectivity index (χ3v) is 3.79. The van der Waals surface area contributed by atoms with Crippen molar-refractivity contribution in [3.05, 3.63) is 47.9 Å². The summed E-state index contributed by atoms with van der Waals surface area (Å²) in [5, 5.41) is 5.36. The summed E-state index contributed by atoms with van der Waals surface area (Å²) < 4.78 is 4.34. The van der Waals surface area contributed by atoms with Crippen LogP contribution in [0.4, 0.5) is 5.13 Å². The van der Waals surface area contributed by atoms with Crippen LogP contribution >= 0.6 is 11.5 Å². The number of para-hydroxylation sites is 1. The Morgan fingerprint density at radius 1 is 1.20 bits per heavy atom. The summed E-state index contributed by atoms with van der Waals surface area (Å²) in [5.41, 5.74) is 2.21. The van der Waals surface area contributed by atoms with Crippen molar-refractivity contribution < 1.29 is 0 Å². The van der Waals surface area contributed by atoms with E-state index >= 15 is 0 Å². The third kappa shape index (κ3) is 2.63. The molecule has 3 rings (SSSR count). The topological polar surface area (TPSA) is 50.7 Å². The molecule has 0 atom stereocenters. The second-order valence-corrected chi connectivity index (χ2v) is 5.71. The third-order valence-electron chi connectivity index (χ3n) is 3.10. The van der Waals surface area contributed by atoms with Crippen LogP contribution in [-0.2, 0) is 6.54 Å². The molecule has 0 amide bonds. The van der Waals surface area contributed by atoms with Crippen LogP contribution in [0.3, 0.4) is 0 Å². The average Bonchev–Trinajstić information content (AvgIpc) is 2.94. The second-order valence-electron chi connectivity index (χ2n) is 4.96. The highest BCUT2D eigenvalue weighted by Gasteiger charge is 2.08. The van der Waals surface area contributed by atoms with E-state index < -0.39 is 0 Å². The lowest BCUT2D eigenvalue weighted by Crippen LogP contribution is -2.01. The zero-order valence-corrected chi connectivity index (χ0v) is 12.3. The van der Waals surface area contributed by atoms with Gasteiger partial charge in [0.25, 0.3) is 0 Å². The number of nitrogens with zero attached hydrogens (tertiary/aromatic N) is 3. The maximum absolute atomic E-state index is 4.48. The Morgan fingerprint density at radius 3 is 2.85 bits per heavy atom. The molecule has 0 unspecified atom stereocenters. The van der Waals surface area contributed by atoms with Gasteiger partial charge in [-0.25, -0.2) is 4.98 Å². The van der Waals surface area contributed by atoms with Crippen LogP contribution in [0.25, 0.3) is 10.9 Å². The Hall–Kier alpha value is -2.01. The van der Waals surface area contributed by atoms with Gasteiger partial charge in [-0.1, -0.05) is 38.1 Å². The molecule has 4 nitrogen and oxygen atoms in total. The van der Waals surface area contributed by atoms with Crippen molar-refractivity contribution in [1.82, 2.24) is 14.3 Å². The normalized spacial score (nSPS) is 11.2. The van der Waals surface area contributed by atoms with E-state index in [1.54, 1.807) is 0 Å². The standard InChI is InChI=1S/C15H16N4S/c1-10(2)14-18-15(20-19-14)17-9-12-6-3-5-11-7-4-8-16-13(11)12/h3-8,10H,9H2,1-2H3,(H,17,18,19). The molecule has 0 saturated carbocycles. The van der Waals surface area contributed by atoms with Crippen LogP contribution in [0, 0.1) is 0 Å². The van der Waals surface area contributed by atoms with Crippen molar-refractivity contribution in [1.29, 1.82) is 0 Å². The number of hydrogen-bond acceptors (Lipinski definition) is 5. The van der Waals surface area contributed by atoms with Crippen LogP contribution in [-0.4, -0.2) is 14.3 Å². The number of pyridine rings is 1. The first-order valence-corrected chi connectivity index (χ1v) is 7.41. The fourth-order valence-corrected chi connectivity index (χ4v) is 2.72. The number of anilines is 1. The number of aromatic nitrogens is 3. The fourth-order valence-electron chi connectivity index (χ4n) is 2.02. The highest BCUT2D eigenvalue weighted by atomic mass is 32.1. The molecule has 0 aliphatic heterocycles. The van der Waals surface area contributed by atoms with E-state index in [4.69, 9.17) is 0 Å². The summed E-state index contributed by atoms with van der Waals surface area (Å²) >= 11 is 1.41. The molecule has 0 spiro atoms. The lowest BCUT2D eigenvalue weighted by Gasteiger charge is -2.06. The highest BCUT2D eigenvalue weighted by molar-refractivity contribution is 7.09. The first kappa shape index (κ1) is 13.0. The van der Waals surface area contributed by atoms with Crippen LogP contribution in [0.5, 0.6) is 0 Å². The van der Waals surface area contributed by atoms with Gasteiger partial charge in [-0.15, -0.1) is 0 Å². The number of benzene rings is 1. The molecule has 0 aliphatic rings. The van der Waals surface area contributed by atoms with Crippen LogP contribution in [0.1, 0.15) is 31.2 Å². The van der Waals surface area contributed by atoms with Gasteiger partial charge in [-0.2, -0.15) is 4.37 Å². The Labute approximate surface area is 122 Å². The molecular formula is C15H16N4S. The Kier molecular flexibility index (Phi) is 3.60. The van der Waals surface area contributed by atoms with Crippen molar-refractivity contribution in [2.75, 3.05) is 5.32 Å². The number of fused-ring (bicyclic) bond motifs is 1. The summed E-state index contributed by atoms with van der Waals surface area (Å²) in [4.78, 5) is 8.94. The smallest absolute Gasteiger partial charge is 0.202 e. The molecule has 102 valence electrons. The lowest BCUT2D eigenvalue weighted by atomic mass is 10.1. The first-order chi connectivity index (χ1) is 9.74. The van der Waals surface area contributed by atoms with Gasteiger partial charge in [0.15, 0.2) is 0 Å². The molecule has 3 aromatic rings. The SMILES string of the molecule is CC(C)c1nsc(NCc2cccc3cccnc23)n1. The molecule has 1 aromatic carbocycles. The van der Waals surface area contributed by atoms with Crippen molar-refractivity contribution in [3.63, 3.8) is 0 Å². The van der Waals surface area contributed by atoms with Crippen LogP contribution in [0.2, 0.25) is 0 Å². The molecule has 0 saturated heterocycles. The van der Waals surface area contributed by atoms with E-state index in [1.807, 2.05) is 12.3 Å². The monoisotopic (exact) mass is 284 g/mol. The van der Waals surface area contributed by atoms with Gasteiger partial charge in [0.1, 0.15) is 5.82 Å². The van der Waals surface area contributed by atoms with Crippen molar-refractivity contribution in [2.45, 2.75) is 26.3 Å². The van der Waals surface area contributed by atoms with Gasteiger partial charge in [0.2, 0.25) is 5.13 Å². The minimum Gasteiger partial charge on any atom is -0.356 e. The van der Waals surface area contributed by atoms with Crippen LogP contribution in [0.15, 0.2) is 36.5 Å². The number of hydrogen-bond donors (Lipinski definition) is 1. The predicted molar refractivity (Wildman–Crippen MR) is 83.1 cm³/mol. The van der Waals surface area contributed by atoms with E-state index in [-0.39, 0.29) is 0 Å². The van der Waals surface area contributed by atoms with Gasteiger partial charge in [0, 0.05) is 35.6 Å². The minimum absolute atomic E-state index is 0.362. The number of nitrogens with one attached hydrogen (secondary N) is 1. The van der Waals surface area contributed by atoms with E-state index in [9.17, 15) is 0 Å². The van der Waals surface area contributed by atoms with E-state index in [1.165, 1.54) is 17.1 Å². The Balaban J connectivity index is 1.79. The van der Waals surface area contributed by atoms with Gasteiger partial charge < -0.3 is 5.32 Å². The van der Waals surface area contributed by atoms with E-state index in [2.05, 4.69) is 57.8 Å². The van der Waals surface area contributed by atoms with Crippen LogP contribution < -0.4 is 5.32 Å². The molecule has 1 N–H and O–H groups in total. The van der Waals surface area contributed by atoms with Crippen molar-refractivity contribution >= 4 is 27.6 Å². The van der Waals surface area contributed by atoms with Crippen molar-refractivity contribution in [3.8, 4) is 0 Å². The quantitative estimate of drug-likeness (QED) is 0.791. The zero-order valence-electron chi connectivity index (χ0n) is 11.5. The molecule has 2 aromatic heterocycles. The van der Waals surface area contributed by atoms with E-state index in [0.717, 1.165) is 21.9 Å². The maximum atomic E-state index is 4.48. The number of rotatable bonds is 4. The molecule has 0 fully saturated rings. The van der Waals surface area contributed by atoms with Gasteiger partial charge in [0.05, 0.1) is 5.52 Å². The van der Waals surface area contributed by atoms with Gasteiger partial charge in [-0.3, -0.25) is 4.98 Å². The second kappa shape index (κ2) is 5.54.